The van der Waals surface area contributed by atoms with Gasteiger partial charge in [-0.2, -0.15) is 0 Å². The maximum absolute atomic E-state index is 13.4. The first-order valence-electron chi connectivity index (χ1n) is 8.62. The third kappa shape index (κ3) is 4.72. The molecule has 1 aliphatic rings. The molecule has 2 aromatic rings. The summed E-state index contributed by atoms with van der Waals surface area (Å²) in [7, 11) is 0. The summed E-state index contributed by atoms with van der Waals surface area (Å²) in [6.45, 7) is 3.70. The van der Waals surface area contributed by atoms with Crippen LogP contribution in [0.15, 0.2) is 30.6 Å². The van der Waals surface area contributed by atoms with E-state index in [4.69, 9.17) is 5.73 Å². The van der Waals surface area contributed by atoms with Crippen molar-refractivity contribution in [3.05, 3.63) is 53.4 Å². The normalized spacial score (nSPS) is 19.0. The molecule has 140 valence electrons. The lowest BCUT2D eigenvalue weighted by Crippen LogP contribution is -2.52. The molecule has 0 unspecified atom stereocenters. The van der Waals surface area contributed by atoms with Gasteiger partial charge < -0.3 is 10.8 Å². The molecule has 0 spiro atoms. The number of benzene rings is 1. The number of aromatic nitrogens is 2. The van der Waals surface area contributed by atoms with Gasteiger partial charge in [0.25, 0.3) is 0 Å². The van der Waals surface area contributed by atoms with E-state index in [0.29, 0.717) is 19.5 Å². The quantitative estimate of drug-likeness (QED) is 0.808. The van der Waals surface area contributed by atoms with Crippen LogP contribution in [0.3, 0.4) is 0 Å². The van der Waals surface area contributed by atoms with E-state index in [1.54, 1.807) is 18.5 Å². The van der Waals surface area contributed by atoms with Gasteiger partial charge in [0.2, 0.25) is 5.95 Å². The first-order valence-corrected chi connectivity index (χ1v) is 8.62. The Morgan fingerprint density at radius 3 is 2.54 bits per heavy atom. The number of halogens is 2. The number of hydrogen-bond donors (Lipinski definition) is 2. The molecular formula is C18H23F2N5O. The summed E-state index contributed by atoms with van der Waals surface area (Å²) in [5.74, 6) is -1.41. The smallest absolute Gasteiger partial charge is 0.219 e. The molecule has 1 aromatic heterocycles. The lowest BCUT2D eigenvalue weighted by atomic mass is 10.1. The van der Waals surface area contributed by atoms with Crippen molar-refractivity contribution in [3.8, 4) is 0 Å². The number of aliphatic hydroxyl groups excluding tert-OH is 1. The van der Waals surface area contributed by atoms with Crippen molar-refractivity contribution >= 4 is 5.95 Å². The van der Waals surface area contributed by atoms with Gasteiger partial charge in [-0.05, 0) is 24.1 Å². The largest absolute Gasteiger partial charge is 0.396 e. The Bertz CT molecular complexity index is 728. The minimum absolute atomic E-state index is 0.0811. The van der Waals surface area contributed by atoms with E-state index in [0.717, 1.165) is 36.8 Å². The van der Waals surface area contributed by atoms with Crippen LogP contribution in [0.1, 0.15) is 17.5 Å². The van der Waals surface area contributed by atoms with Crippen molar-refractivity contribution in [2.24, 2.45) is 0 Å². The Hall–Kier alpha value is -2.16. The molecule has 1 atom stereocenters. The number of aliphatic hydroxyl groups is 1. The van der Waals surface area contributed by atoms with Crippen LogP contribution in [0.25, 0.3) is 0 Å². The van der Waals surface area contributed by atoms with Gasteiger partial charge in [0.15, 0.2) is 11.6 Å². The summed E-state index contributed by atoms with van der Waals surface area (Å²) in [5, 5.41) is 9.40. The summed E-state index contributed by atoms with van der Waals surface area (Å²) in [6.07, 6.45) is 4.06. The Balaban J connectivity index is 1.63. The minimum Gasteiger partial charge on any atom is -0.396 e. The molecule has 0 radical (unpaired) electrons. The maximum Gasteiger partial charge on any atom is 0.219 e. The first kappa shape index (κ1) is 18.6. The number of anilines is 1. The summed E-state index contributed by atoms with van der Waals surface area (Å²) in [5.41, 5.74) is 7.22. The topological polar surface area (TPSA) is 78.5 Å². The number of hydrogen-bond acceptors (Lipinski definition) is 6. The van der Waals surface area contributed by atoms with Gasteiger partial charge >= 0.3 is 0 Å². The van der Waals surface area contributed by atoms with Crippen molar-refractivity contribution in [1.29, 1.82) is 0 Å². The molecular weight excluding hydrogens is 340 g/mol. The fourth-order valence-corrected chi connectivity index (χ4v) is 3.31. The van der Waals surface area contributed by atoms with E-state index in [9.17, 15) is 13.9 Å². The van der Waals surface area contributed by atoms with Gasteiger partial charge in [0.05, 0.1) is 0 Å². The molecule has 8 heteroatoms. The van der Waals surface area contributed by atoms with E-state index in [1.165, 1.54) is 6.07 Å². The van der Waals surface area contributed by atoms with Crippen molar-refractivity contribution in [1.82, 2.24) is 19.8 Å². The zero-order valence-corrected chi connectivity index (χ0v) is 14.5. The van der Waals surface area contributed by atoms with Crippen molar-refractivity contribution < 1.29 is 13.9 Å². The van der Waals surface area contributed by atoms with Gasteiger partial charge in [-0.3, -0.25) is 9.80 Å². The van der Waals surface area contributed by atoms with E-state index < -0.39 is 11.6 Å². The van der Waals surface area contributed by atoms with Crippen LogP contribution in [0, 0.1) is 11.6 Å². The Kier molecular flexibility index (Phi) is 6.08. The van der Waals surface area contributed by atoms with Gasteiger partial charge in [-0.1, -0.05) is 6.07 Å². The van der Waals surface area contributed by atoms with Crippen LogP contribution in [0.4, 0.5) is 14.7 Å². The van der Waals surface area contributed by atoms with Gasteiger partial charge in [0.1, 0.15) is 0 Å². The second-order valence-electron chi connectivity index (χ2n) is 6.57. The summed E-state index contributed by atoms with van der Waals surface area (Å²) in [4.78, 5) is 12.5. The fraction of sp³-hybridized carbons (Fsp3) is 0.444. The van der Waals surface area contributed by atoms with Gasteiger partial charge in [-0.15, -0.1) is 0 Å². The number of rotatable bonds is 6. The Morgan fingerprint density at radius 2 is 1.85 bits per heavy atom. The highest BCUT2D eigenvalue weighted by molar-refractivity contribution is 5.18. The molecule has 1 saturated heterocycles. The lowest BCUT2D eigenvalue weighted by Gasteiger charge is -2.41. The van der Waals surface area contributed by atoms with Crippen molar-refractivity contribution in [2.45, 2.75) is 25.6 Å². The van der Waals surface area contributed by atoms with Crippen LogP contribution < -0.4 is 5.73 Å². The Labute approximate surface area is 151 Å². The average Bonchev–Trinajstić information content (AvgIpc) is 2.62. The highest BCUT2D eigenvalue weighted by Crippen LogP contribution is 2.19. The molecule has 3 N–H and O–H groups in total. The van der Waals surface area contributed by atoms with E-state index >= 15 is 0 Å². The molecule has 1 fully saturated rings. The number of nitrogen functional groups attached to an aromatic ring is 1. The molecule has 6 nitrogen and oxygen atoms in total. The second-order valence-corrected chi connectivity index (χ2v) is 6.57. The van der Waals surface area contributed by atoms with Gasteiger partial charge in [-0.25, -0.2) is 18.7 Å². The van der Waals surface area contributed by atoms with Crippen molar-refractivity contribution in [3.63, 3.8) is 0 Å². The standard InChI is InChI=1S/C18H23F2N5O/c19-16-2-1-13(7-17(16)20)11-25-5-4-24(12-15(25)3-6-26)10-14-8-22-18(21)23-9-14/h1-2,7-9,15,26H,3-6,10-12H2,(H2,21,22,23)/t15-/m1/s1. The molecule has 3 rings (SSSR count). The summed E-state index contributed by atoms with van der Waals surface area (Å²) < 4.78 is 26.6. The van der Waals surface area contributed by atoms with Crippen LogP contribution in [0.5, 0.6) is 0 Å². The van der Waals surface area contributed by atoms with E-state index in [2.05, 4.69) is 19.8 Å². The van der Waals surface area contributed by atoms with Crippen molar-refractivity contribution in [2.75, 3.05) is 32.0 Å². The monoisotopic (exact) mass is 363 g/mol. The minimum atomic E-state index is -0.837. The fourth-order valence-electron chi connectivity index (χ4n) is 3.31. The molecule has 2 heterocycles. The third-order valence-corrected chi connectivity index (χ3v) is 4.65. The predicted molar refractivity (Wildman–Crippen MR) is 94.0 cm³/mol. The van der Waals surface area contributed by atoms with Gasteiger partial charge in [0, 0.05) is 63.3 Å². The molecule has 1 aliphatic heterocycles. The second kappa shape index (κ2) is 8.48. The molecule has 0 aliphatic carbocycles. The highest BCUT2D eigenvalue weighted by atomic mass is 19.2. The molecule has 0 saturated carbocycles. The summed E-state index contributed by atoms with van der Waals surface area (Å²) >= 11 is 0. The predicted octanol–water partition coefficient (Wildman–Crippen LogP) is 1.41. The zero-order chi connectivity index (χ0) is 18.5. The number of piperazine rings is 1. The summed E-state index contributed by atoms with van der Waals surface area (Å²) in [6, 6.07) is 4.13. The Morgan fingerprint density at radius 1 is 1.08 bits per heavy atom. The average molecular weight is 363 g/mol. The number of nitrogens with zero attached hydrogens (tertiary/aromatic N) is 4. The van der Waals surface area contributed by atoms with Crippen LogP contribution in [-0.4, -0.2) is 57.2 Å². The maximum atomic E-state index is 13.4. The van der Waals surface area contributed by atoms with E-state index in [1.807, 2.05) is 0 Å². The SMILES string of the molecule is Nc1ncc(CN2CCN(Cc3ccc(F)c(F)c3)[C@H](CCO)C2)cn1. The van der Waals surface area contributed by atoms with E-state index in [-0.39, 0.29) is 18.6 Å². The lowest BCUT2D eigenvalue weighted by molar-refractivity contribution is 0.0498. The molecule has 0 amide bonds. The zero-order valence-electron chi connectivity index (χ0n) is 14.5. The number of nitrogens with two attached hydrogens (primary N) is 1. The third-order valence-electron chi connectivity index (χ3n) is 4.65. The van der Waals surface area contributed by atoms with Crippen LogP contribution in [0.2, 0.25) is 0 Å². The highest BCUT2D eigenvalue weighted by Gasteiger charge is 2.27. The first-order chi connectivity index (χ1) is 12.5. The van der Waals surface area contributed by atoms with Crippen LogP contribution in [-0.2, 0) is 13.1 Å². The molecule has 26 heavy (non-hydrogen) atoms. The molecule has 0 bridgehead atoms. The molecule has 1 aromatic carbocycles. The van der Waals surface area contributed by atoms with Crippen LogP contribution >= 0.6 is 0 Å².